The van der Waals surface area contributed by atoms with Crippen molar-refractivity contribution in [3.8, 4) is 0 Å². The Kier molecular flexibility index (Phi) is 3.04. The van der Waals surface area contributed by atoms with Crippen molar-refractivity contribution in [3.63, 3.8) is 0 Å². The van der Waals surface area contributed by atoms with Gasteiger partial charge in [-0.05, 0) is 26.2 Å². The van der Waals surface area contributed by atoms with Crippen molar-refractivity contribution in [3.05, 3.63) is 5.69 Å². The zero-order valence-electron chi connectivity index (χ0n) is 11.9. The monoisotopic (exact) mass is 294 g/mol. The minimum atomic E-state index is -0.816. The lowest BCUT2D eigenvalue weighted by Crippen LogP contribution is -2.16. The van der Waals surface area contributed by atoms with Crippen LogP contribution in [0.15, 0.2) is 5.16 Å². The van der Waals surface area contributed by atoms with Crippen LogP contribution in [0.1, 0.15) is 32.4 Å². The highest BCUT2D eigenvalue weighted by molar-refractivity contribution is 7.99. The summed E-state index contributed by atoms with van der Waals surface area (Å²) in [5.41, 5.74) is 2.96. The highest BCUT2D eigenvalue weighted by Crippen LogP contribution is 2.47. The van der Waals surface area contributed by atoms with Gasteiger partial charge in [-0.1, -0.05) is 18.7 Å². The van der Waals surface area contributed by atoms with Gasteiger partial charge in [0.1, 0.15) is 5.52 Å². The van der Waals surface area contributed by atoms with E-state index in [4.69, 9.17) is 5.11 Å². The summed E-state index contributed by atoms with van der Waals surface area (Å²) in [6.45, 7) is 4.25. The summed E-state index contributed by atoms with van der Waals surface area (Å²) < 4.78 is 4.05. The minimum absolute atomic E-state index is 0.0360. The molecule has 2 heterocycles. The van der Waals surface area contributed by atoms with Gasteiger partial charge in [0.2, 0.25) is 0 Å². The molecule has 0 radical (unpaired) electrons. The Balaban J connectivity index is 2.15. The standard InChI is InChI=1S/C13H18N4O2S/c1-4-8-10-11(16(3)15-8)17(13(2)5-6-13)12(14-10)20-7-9(18)19/h4-7H2,1-3H3,(H,18,19). The van der Waals surface area contributed by atoms with E-state index in [1.54, 1.807) is 0 Å². The minimum Gasteiger partial charge on any atom is -0.481 e. The number of aromatic nitrogens is 4. The van der Waals surface area contributed by atoms with Crippen molar-refractivity contribution in [2.24, 2.45) is 7.05 Å². The summed E-state index contributed by atoms with van der Waals surface area (Å²) in [7, 11) is 1.93. The Morgan fingerprint density at radius 1 is 1.50 bits per heavy atom. The number of hydrogen-bond acceptors (Lipinski definition) is 4. The van der Waals surface area contributed by atoms with Crippen molar-refractivity contribution in [2.75, 3.05) is 5.75 Å². The Bertz CT molecular complexity index is 684. The first-order valence-electron chi connectivity index (χ1n) is 6.75. The summed E-state index contributed by atoms with van der Waals surface area (Å²) in [4.78, 5) is 15.5. The van der Waals surface area contributed by atoms with Gasteiger partial charge in [-0.15, -0.1) is 0 Å². The van der Waals surface area contributed by atoms with Crippen molar-refractivity contribution >= 4 is 28.9 Å². The molecule has 20 heavy (non-hydrogen) atoms. The molecule has 0 aromatic carbocycles. The number of hydrogen-bond donors (Lipinski definition) is 1. The fourth-order valence-corrected chi connectivity index (χ4v) is 3.36. The van der Waals surface area contributed by atoms with E-state index in [0.29, 0.717) is 0 Å². The van der Waals surface area contributed by atoms with Crippen molar-refractivity contribution in [1.29, 1.82) is 0 Å². The number of fused-ring (bicyclic) bond motifs is 1. The largest absolute Gasteiger partial charge is 0.481 e. The van der Waals surface area contributed by atoms with E-state index in [-0.39, 0.29) is 11.3 Å². The predicted octanol–water partition coefficient (Wildman–Crippen LogP) is 2.02. The third kappa shape index (κ3) is 2.00. The maximum Gasteiger partial charge on any atom is 0.313 e. The van der Waals surface area contributed by atoms with E-state index in [9.17, 15) is 4.79 Å². The zero-order valence-corrected chi connectivity index (χ0v) is 12.7. The van der Waals surface area contributed by atoms with Gasteiger partial charge in [-0.2, -0.15) is 5.10 Å². The zero-order chi connectivity index (χ0) is 14.5. The number of carbonyl (C=O) groups is 1. The summed E-state index contributed by atoms with van der Waals surface area (Å²) in [6, 6.07) is 0. The molecule has 1 aliphatic rings. The normalized spacial score (nSPS) is 16.8. The third-order valence-electron chi connectivity index (χ3n) is 3.85. The topological polar surface area (TPSA) is 72.9 Å². The quantitative estimate of drug-likeness (QED) is 0.854. The van der Waals surface area contributed by atoms with E-state index in [1.165, 1.54) is 11.8 Å². The SMILES string of the molecule is CCc1nn(C)c2c1nc(SCC(=O)O)n2C1(C)CC1. The summed E-state index contributed by atoms with van der Waals surface area (Å²) in [6.07, 6.45) is 3.03. The van der Waals surface area contributed by atoms with E-state index in [2.05, 4.69) is 28.5 Å². The van der Waals surface area contributed by atoms with Crippen molar-refractivity contribution < 1.29 is 9.90 Å². The number of aryl methyl sites for hydroxylation is 2. The van der Waals surface area contributed by atoms with Gasteiger partial charge in [-0.3, -0.25) is 14.0 Å². The lowest BCUT2D eigenvalue weighted by molar-refractivity contribution is -0.133. The van der Waals surface area contributed by atoms with Gasteiger partial charge in [0.05, 0.1) is 11.4 Å². The maximum atomic E-state index is 10.8. The van der Waals surface area contributed by atoms with Crippen LogP contribution in [0.5, 0.6) is 0 Å². The van der Waals surface area contributed by atoms with Crippen LogP contribution in [0.4, 0.5) is 0 Å². The third-order valence-corrected chi connectivity index (χ3v) is 4.77. The van der Waals surface area contributed by atoms with Crippen LogP contribution in [-0.4, -0.2) is 36.2 Å². The highest BCUT2D eigenvalue weighted by Gasteiger charge is 2.43. The molecule has 0 bridgehead atoms. The smallest absolute Gasteiger partial charge is 0.313 e. The van der Waals surface area contributed by atoms with Gasteiger partial charge in [0.25, 0.3) is 0 Å². The number of imidazole rings is 1. The first kappa shape index (κ1) is 13.5. The molecule has 1 N–H and O–H groups in total. The van der Waals surface area contributed by atoms with E-state index >= 15 is 0 Å². The number of aliphatic carboxylic acids is 1. The molecule has 2 aromatic heterocycles. The Labute approximate surface area is 121 Å². The molecule has 0 aliphatic heterocycles. The first-order valence-corrected chi connectivity index (χ1v) is 7.74. The molecule has 6 nitrogen and oxygen atoms in total. The van der Waals surface area contributed by atoms with Crippen LogP contribution in [0.25, 0.3) is 11.2 Å². The van der Waals surface area contributed by atoms with E-state index in [0.717, 1.165) is 41.3 Å². The van der Waals surface area contributed by atoms with Crippen molar-refractivity contribution in [2.45, 2.75) is 43.8 Å². The maximum absolute atomic E-state index is 10.8. The van der Waals surface area contributed by atoms with Crippen LogP contribution in [-0.2, 0) is 23.8 Å². The van der Waals surface area contributed by atoms with E-state index < -0.39 is 5.97 Å². The fraction of sp³-hybridized carbons (Fsp3) is 0.615. The predicted molar refractivity (Wildman–Crippen MR) is 77.1 cm³/mol. The molecule has 0 spiro atoms. The number of rotatable bonds is 5. The summed E-state index contributed by atoms with van der Waals surface area (Å²) >= 11 is 1.29. The second-order valence-electron chi connectivity index (χ2n) is 5.51. The number of nitrogens with zero attached hydrogens (tertiary/aromatic N) is 4. The molecule has 0 amide bonds. The van der Waals surface area contributed by atoms with Gasteiger partial charge >= 0.3 is 5.97 Å². The van der Waals surface area contributed by atoms with Crippen LogP contribution in [0.2, 0.25) is 0 Å². The molecule has 3 rings (SSSR count). The first-order chi connectivity index (χ1) is 9.46. The molecule has 1 saturated carbocycles. The van der Waals surface area contributed by atoms with Gasteiger partial charge in [-0.25, -0.2) is 4.98 Å². The van der Waals surface area contributed by atoms with Gasteiger partial charge in [0, 0.05) is 12.6 Å². The molecule has 0 unspecified atom stereocenters. The van der Waals surface area contributed by atoms with E-state index in [1.807, 2.05) is 11.7 Å². The summed E-state index contributed by atoms with van der Waals surface area (Å²) in [5, 5.41) is 14.2. The molecule has 1 fully saturated rings. The van der Waals surface area contributed by atoms with Crippen molar-refractivity contribution in [1.82, 2.24) is 19.3 Å². The van der Waals surface area contributed by atoms with Crippen LogP contribution < -0.4 is 0 Å². The molecule has 7 heteroatoms. The lowest BCUT2D eigenvalue weighted by Gasteiger charge is -2.15. The molecule has 1 aliphatic carbocycles. The highest BCUT2D eigenvalue weighted by atomic mass is 32.2. The molecule has 0 saturated heterocycles. The average Bonchev–Trinajstić information content (AvgIpc) is 2.90. The van der Waals surface area contributed by atoms with Crippen LogP contribution in [0.3, 0.4) is 0 Å². The number of thioether (sulfide) groups is 1. The van der Waals surface area contributed by atoms with Crippen LogP contribution in [0, 0.1) is 0 Å². The van der Waals surface area contributed by atoms with Crippen LogP contribution >= 0.6 is 11.8 Å². The second kappa shape index (κ2) is 4.51. The molecule has 108 valence electrons. The number of carboxylic acid groups (broad SMARTS) is 1. The molecular weight excluding hydrogens is 276 g/mol. The molecule has 2 aromatic rings. The van der Waals surface area contributed by atoms with Gasteiger partial charge < -0.3 is 5.11 Å². The summed E-state index contributed by atoms with van der Waals surface area (Å²) in [5.74, 6) is -0.780. The molecular formula is C13H18N4O2S. The Morgan fingerprint density at radius 2 is 2.20 bits per heavy atom. The second-order valence-corrected chi connectivity index (χ2v) is 6.45. The Morgan fingerprint density at radius 3 is 2.75 bits per heavy atom. The number of carboxylic acids is 1. The average molecular weight is 294 g/mol. The Hall–Kier alpha value is -1.50. The lowest BCUT2D eigenvalue weighted by atomic mass is 10.3. The molecule has 0 atom stereocenters. The fourth-order valence-electron chi connectivity index (χ4n) is 2.51. The van der Waals surface area contributed by atoms with Gasteiger partial charge in [0.15, 0.2) is 10.8 Å².